The summed E-state index contributed by atoms with van der Waals surface area (Å²) in [6, 6.07) is 17.1. The molecule has 0 saturated heterocycles. The Morgan fingerprint density at radius 1 is 0.788 bits per heavy atom. The standard InChI is InChI=1S/C27H35NO5/c1-2-8-20-12-14-21(15-13-20)16-17-24(27(32)33)19-23(26(30)31)11-6-7-18-28-25(29)22-9-4-3-5-10-22/h3-5,9-10,12-15,23-24H,2,6-8,11,16-19H2,1H3,(H,28,29)(H,30,31)(H,32,33)/t23?,24-/m1/s1. The van der Waals surface area contributed by atoms with E-state index in [-0.39, 0.29) is 12.3 Å². The molecule has 0 radical (unpaired) electrons. The Balaban J connectivity index is 1.78. The van der Waals surface area contributed by atoms with Crippen molar-refractivity contribution in [2.45, 2.75) is 58.3 Å². The molecule has 3 N–H and O–H groups in total. The predicted molar refractivity (Wildman–Crippen MR) is 128 cm³/mol. The van der Waals surface area contributed by atoms with E-state index in [2.05, 4.69) is 24.4 Å². The van der Waals surface area contributed by atoms with E-state index in [4.69, 9.17) is 0 Å². The van der Waals surface area contributed by atoms with Crippen molar-refractivity contribution < 1.29 is 24.6 Å². The fourth-order valence-electron chi connectivity index (χ4n) is 3.94. The zero-order chi connectivity index (χ0) is 24.1. The van der Waals surface area contributed by atoms with Gasteiger partial charge in [0.15, 0.2) is 0 Å². The van der Waals surface area contributed by atoms with E-state index < -0.39 is 23.8 Å². The number of carbonyl (C=O) groups is 3. The van der Waals surface area contributed by atoms with Gasteiger partial charge in [-0.3, -0.25) is 14.4 Å². The quantitative estimate of drug-likeness (QED) is 0.331. The summed E-state index contributed by atoms with van der Waals surface area (Å²) < 4.78 is 0. The van der Waals surface area contributed by atoms with Gasteiger partial charge in [0, 0.05) is 12.1 Å². The first-order valence-corrected chi connectivity index (χ1v) is 11.8. The number of nitrogens with one attached hydrogen (secondary N) is 1. The van der Waals surface area contributed by atoms with E-state index in [0.29, 0.717) is 44.2 Å². The number of aryl methyl sites for hydroxylation is 2. The molecule has 6 nitrogen and oxygen atoms in total. The molecule has 0 aliphatic heterocycles. The molecule has 178 valence electrons. The maximum atomic E-state index is 12.0. The summed E-state index contributed by atoms with van der Waals surface area (Å²) in [7, 11) is 0. The number of amides is 1. The molecule has 6 heteroatoms. The first-order valence-electron chi connectivity index (χ1n) is 11.8. The van der Waals surface area contributed by atoms with Crippen LogP contribution in [0.2, 0.25) is 0 Å². The van der Waals surface area contributed by atoms with Crippen LogP contribution in [0.3, 0.4) is 0 Å². The topological polar surface area (TPSA) is 104 Å². The van der Waals surface area contributed by atoms with Crippen molar-refractivity contribution in [1.82, 2.24) is 5.32 Å². The Morgan fingerprint density at radius 2 is 1.36 bits per heavy atom. The van der Waals surface area contributed by atoms with Crippen LogP contribution in [-0.4, -0.2) is 34.6 Å². The van der Waals surface area contributed by atoms with Crippen LogP contribution in [0.5, 0.6) is 0 Å². The van der Waals surface area contributed by atoms with E-state index in [1.165, 1.54) is 5.56 Å². The van der Waals surface area contributed by atoms with Crippen LogP contribution in [-0.2, 0) is 22.4 Å². The van der Waals surface area contributed by atoms with Gasteiger partial charge < -0.3 is 15.5 Å². The molecule has 0 bridgehead atoms. The highest BCUT2D eigenvalue weighted by molar-refractivity contribution is 5.94. The minimum atomic E-state index is -0.960. The van der Waals surface area contributed by atoms with E-state index in [1.54, 1.807) is 24.3 Å². The number of benzene rings is 2. The van der Waals surface area contributed by atoms with E-state index >= 15 is 0 Å². The number of carboxylic acids is 2. The van der Waals surface area contributed by atoms with E-state index in [1.807, 2.05) is 18.2 Å². The van der Waals surface area contributed by atoms with Gasteiger partial charge in [0.25, 0.3) is 5.91 Å². The largest absolute Gasteiger partial charge is 0.481 e. The van der Waals surface area contributed by atoms with Gasteiger partial charge in [-0.05, 0) is 61.8 Å². The van der Waals surface area contributed by atoms with Crippen molar-refractivity contribution in [2.24, 2.45) is 11.8 Å². The van der Waals surface area contributed by atoms with Gasteiger partial charge in [-0.1, -0.05) is 62.2 Å². The third-order valence-electron chi connectivity index (χ3n) is 5.91. The first-order chi connectivity index (χ1) is 15.9. The number of carbonyl (C=O) groups excluding carboxylic acids is 1. The lowest BCUT2D eigenvalue weighted by molar-refractivity contribution is -0.146. The van der Waals surface area contributed by atoms with Gasteiger partial charge in [0.05, 0.1) is 11.8 Å². The summed E-state index contributed by atoms with van der Waals surface area (Å²) in [6.45, 7) is 2.58. The van der Waals surface area contributed by atoms with Crippen molar-refractivity contribution in [1.29, 1.82) is 0 Å². The maximum Gasteiger partial charge on any atom is 0.306 e. The minimum Gasteiger partial charge on any atom is -0.481 e. The third kappa shape index (κ3) is 9.48. The van der Waals surface area contributed by atoms with Gasteiger partial charge in [-0.25, -0.2) is 0 Å². The van der Waals surface area contributed by atoms with Crippen LogP contribution in [0.4, 0.5) is 0 Å². The zero-order valence-corrected chi connectivity index (χ0v) is 19.3. The summed E-state index contributed by atoms with van der Waals surface area (Å²) in [5.41, 5.74) is 2.93. The molecule has 0 fully saturated rings. The Morgan fingerprint density at radius 3 is 1.94 bits per heavy atom. The third-order valence-corrected chi connectivity index (χ3v) is 5.91. The molecule has 2 atom stereocenters. The molecular weight excluding hydrogens is 418 g/mol. The molecule has 2 rings (SSSR count). The molecular formula is C27H35NO5. The number of rotatable bonds is 15. The summed E-state index contributed by atoms with van der Waals surface area (Å²) >= 11 is 0. The number of carboxylic acid groups (broad SMARTS) is 2. The molecule has 0 spiro atoms. The smallest absolute Gasteiger partial charge is 0.306 e. The summed E-state index contributed by atoms with van der Waals surface area (Å²) in [5, 5.41) is 22.1. The molecule has 2 aromatic rings. The summed E-state index contributed by atoms with van der Waals surface area (Å²) in [4.78, 5) is 35.5. The van der Waals surface area contributed by atoms with Gasteiger partial charge in [0.2, 0.25) is 0 Å². The van der Waals surface area contributed by atoms with Gasteiger partial charge in [-0.2, -0.15) is 0 Å². The average molecular weight is 454 g/mol. The summed E-state index contributed by atoms with van der Waals surface area (Å²) in [5.74, 6) is -3.46. The zero-order valence-electron chi connectivity index (χ0n) is 19.3. The van der Waals surface area contributed by atoms with Crippen LogP contribution in [0.15, 0.2) is 54.6 Å². The maximum absolute atomic E-state index is 12.0. The number of hydrogen-bond donors (Lipinski definition) is 3. The van der Waals surface area contributed by atoms with Crippen LogP contribution in [0.1, 0.15) is 66.9 Å². The predicted octanol–water partition coefficient (Wildman–Crippen LogP) is 4.96. The van der Waals surface area contributed by atoms with Crippen molar-refractivity contribution in [3.05, 3.63) is 71.3 Å². The van der Waals surface area contributed by atoms with Crippen molar-refractivity contribution in [3.8, 4) is 0 Å². The molecule has 0 saturated carbocycles. The number of aliphatic carboxylic acids is 2. The SMILES string of the molecule is CCCc1ccc(CC[C@H](CC(CCCCNC(=O)c2ccccc2)C(=O)O)C(=O)O)cc1. The molecule has 1 unspecified atom stereocenters. The normalized spacial score (nSPS) is 12.6. The van der Waals surface area contributed by atoms with Crippen LogP contribution < -0.4 is 5.32 Å². The van der Waals surface area contributed by atoms with E-state index in [9.17, 15) is 24.6 Å². The molecule has 2 aromatic carbocycles. The Bertz CT molecular complexity index is 879. The van der Waals surface area contributed by atoms with Crippen molar-refractivity contribution >= 4 is 17.8 Å². The minimum absolute atomic E-state index is 0.120. The molecule has 0 aromatic heterocycles. The van der Waals surface area contributed by atoms with Crippen molar-refractivity contribution in [3.63, 3.8) is 0 Å². The Labute approximate surface area is 196 Å². The van der Waals surface area contributed by atoms with Gasteiger partial charge in [-0.15, -0.1) is 0 Å². The lowest BCUT2D eigenvalue weighted by Crippen LogP contribution is -2.25. The molecule has 0 heterocycles. The second-order valence-corrected chi connectivity index (χ2v) is 8.53. The van der Waals surface area contributed by atoms with Crippen LogP contribution in [0, 0.1) is 11.8 Å². The summed E-state index contributed by atoms with van der Waals surface area (Å²) in [6.07, 6.45) is 4.90. The monoisotopic (exact) mass is 453 g/mol. The second-order valence-electron chi connectivity index (χ2n) is 8.53. The Kier molecular flexibility index (Phi) is 11.1. The number of hydrogen-bond acceptors (Lipinski definition) is 3. The van der Waals surface area contributed by atoms with Crippen LogP contribution >= 0.6 is 0 Å². The van der Waals surface area contributed by atoms with Gasteiger partial charge >= 0.3 is 11.9 Å². The van der Waals surface area contributed by atoms with Gasteiger partial charge in [0.1, 0.15) is 0 Å². The highest BCUT2D eigenvalue weighted by Crippen LogP contribution is 2.23. The lowest BCUT2D eigenvalue weighted by Gasteiger charge is -2.18. The molecule has 0 aliphatic carbocycles. The molecule has 33 heavy (non-hydrogen) atoms. The first kappa shape index (κ1) is 26.1. The molecule has 0 aliphatic rings. The highest BCUT2D eigenvalue weighted by Gasteiger charge is 2.26. The fourth-order valence-corrected chi connectivity index (χ4v) is 3.94. The van der Waals surface area contributed by atoms with Crippen LogP contribution in [0.25, 0.3) is 0 Å². The highest BCUT2D eigenvalue weighted by atomic mass is 16.4. The number of unbranched alkanes of at least 4 members (excludes halogenated alkanes) is 1. The fraction of sp³-hybridized carbons (Fsp3) is 0.444. The van der Waals surface area contributed by atoms with Crippen molar-refractivity contribution in [2.75, 3.05) is 6.54 Å². The second kappa shape index (κ2) is 14.1. The average Bonchev–Trinajstić information content (AvgIpc) is 2.81. The van der Waals surface area contributed by atoms with E-state index in [0.717, 1.165) is 18.4 Å². The lowest BCUT2D eigenvalue weighted by atomic mass is 9.87. The Hall–Kier alpha value is -3.15. The molecule has 1 amide bonds.